The van der Waals surface area contributed by atoms with Crippen LogP contribution in [0.25, 0.3) is 11.6 Å². The number of rotatable bonds is 3. The topological polar surface area (TPSA) is 26.3 Å². The fourth-order valence-electron chi connectivity index (χ4n) is 4.86. The number of hydrogen-bond acceptors (Lipinski definition) is 2. The summed E-state index contributed by atoms with van der Waals surface area (Å²) in [5, 5.41) is 0. The first kappa shape index (κ1) is 18.6. The highest BCUT2D eigenvalue weighted by Crippen LogP contribution is 2.51. The predicted octanol–water partition coefficient (Wildman–Crippen LogP) is 6.85. The quantitative estimate of drug-likeness (QED) is 0.456. The Kier molecular flexibility index (Phi) is 4.63. The van der Waals surface area contributed by atoms with E-state index >= 15 is 0 Å². The highest BCUT2D eigenvalue weighted by molar-refractivity contribution is 5.92. The molecule has 1 atom stereocenters. The van der Waals surface area contributed by atoms with Gasteiger partial charge in [-0.15, -0.1) is 0 Å². The van der Waals surface area contributed by atoms with Crippen LogP contribution in [-0.2, 0) is 4.74 Å². The molecule has 0 saturated carbocycles. The molecule has 3 aromatic carbocycles. The minimum atomic E-state index is -0.293. The maximum Gasteiger partial charge on any atom is 0.343 e. The zero-order valence-electron chi connectivity index (χ0n) is 17.3. The highest BCUT2D eigenvalue weighted by Gasteiger charge is 2.37. The molecule has 2 heteroatoms. The van der Waals surface area contributed by atoms with Gasteiger partial charge in [0.05, 0.1) is 11.5 Å². The lowest BCUT2D eigenvalue weighted by Gasteiger charge is -2.29. The highest BCUT2D eigenvalue weighted by atomic mass is 16.5. The van der Waals surface area contributed by atoms with Crippen molar-refractivity contribution in [3.8, 4) is 0 Å². The molecule has 2 aliphatic carbocycles. The Morgan fingerprint density at radius 2 is 1.60 bits per heavy atom. The zero-order chi connectivity index (χ0) is 20.7. The molecule has 148 valence electrons. The summed E-state index contributed by atoms with van der Waals surface area (Å²) in [7, 11) is 0. The number of esters is 1. The molecule has 3 aromatic rings. The lowest BCUT2D eigenvalue weighted by atomic mass is 9.79. The SMILES string of the molecule is Cc1cc(C)c2c(c1)C=C1CCC(c3ccccc3)=C(OC(=O)c3ccccc3)C12. The Hall–Kier alpha value is -3.39. The van der Waals surface area contributed by atoms with E-state index in [1.54, 1.807) is 0 Å². The molecule has 5 rings (SSSR count). The molecular formula is C28H24O2. The van der Waals surface area contributed by atoms with Gasteiger partial charge in [0, 0.05) is 0 Å². The van der Waals surface area contributed by atoms with Crippen LogP contribution in [0.1, 0.15) is 56.9 Å². The van der Waals surface area contributed by atoms with Gasteiger partial charge in [-0.3, -0.25) is 0 Å². The van der Waals surface area contributed by atoms with E-state index in [2.05, 4.69) is 44.2 Å². The molecular weight excluding hydrogens is 368 g/mol. The monoisotopic (exact) mass is 392 g/mol. The molecule has 1 unspecified atom stereocenters. The third kappa shape index (κ3) is 3.19. The second-order valence-electron chi connectivity index (χ2n) is 8.20. The maximum absolute atomic E-state index is 13.1. The minimum Gasteiger partial charge on any atom is -0.426 e. The molecule has 0 radical (unpaired) electrons. The average molecular weight is 392 g/mol. The van der Waals surface area contributed by atoms with Gasteiger partial charge in [-0.1, -0.05) is 77.9 Å². The Bertz CT molecular complexity index is 1180. The van der Waals surface area contributed by atoms with Crippen molar-refractivity contribution in [2.75, 3.05) is 0 Å². The van der Waals surface area contributed by atoms with Gasteiger partial charge in [-0.2, -0.15) is 0 Å². The van der Waals surface area contributed by atoms with Gasteiger partial charge < -0.3 is 4.74 Å². The lowest BCUT2D eigenvalue weighted by Crippen LogP contribution is -2.18. The van der Waals surface area contributed by atoms with Crippen molar-refractivity contribution in [1.82, 2.24) is 0 Å². The average Bonchev–Trinajstić information content (AvgIpc) is 3.14. The number of allylic oxidation sites excluding steroid dienone is 2. The van der Waals surface area contributed by atoms with Crippen molar-refractivity contribution in [3.63, 3.8) is 0 Å². The van der Waals surface area contributed by atoms with Crippen molar-refractivity contribution in [3.05, 3.63) is 118 Å². The second kappa shape index (κ2) is 7.46. The number of aryl methyl sites for hydroxylation is 2. The first-order chi connectivity index (χ1) is 14.6. The Balaban J connectivity index is 1.66. The molecule has 0 N–H and O–H groups in total. The number of fused-ring (bicyclic) bond motifs is 3. The van der Waals surface area contributed by atoms with Crippen LogP contribution in [0.4, 0.5) is 0 Å². The first-order valence-electron chi connectivity index (χ1n) is 10.5. The van der Waals surface area contributed by atoms with Gasteiger partial charge in [0.2, 0.25) is 0 Å². The molecule has 0 spiro atoms. The molecule has 30 heavy (non-hydrogen) atoms. The standard InChI is InChI=1S/C28H24O2/c1-18-15-19(2)25-23(16-18)17-22-13-14-24(20-9-5-3-6-10-20)27(26(22)25)30-28(29)21-11-7-4-8-12-21/h3-12,15-17,26H,13-14H2,1-2H3. The Morgan fingerprint density at radius 1 is 0.900 bits per heavy atom. The van der Waals surface area contributed by atoms with Crippen molar-refractivity contribution < 1.29 is 9.53 Å². The van der Waals surface area contributed by atoms with Crippen LogP contribution >= 0.6 is 0 Å². The van der Waals surface area contributed by atoms with Gasteiger partial charge >= 0.3 is 5.97 Å². The van der Waals surface area contributed by atoms with E-state index in [1.165, 1.54) is 27.8 Å². The van der Waals surface area contributed by atoms with E-state index in [4.69, 9.17) is 4.74 Å². The van der Waals surface area contributed by atoms with Gasteiger partial charge in [-0.25, -0.2) is 4.79 Å². The van der Waals surface area contributed by atoms with Gasteiger partial charge in [0.25, 0.3) is 0 Å². The van der Waals surface area contributed by atoms with Crippen LogP contribution in [0.2, 0.25) is 0 Å². The van der Waals surface area contributed by atoms with E-state index < -0.39 is 0 Å². The van der Waals surface area contributed by atoms with Gasteiger partial charge in [0.1, 0.15) is 5.76 Å². The fourth-order valence-corrected chi connectivity index (χ4v) is 4.86. The molecule has 0 aromatic heterocycles. The summed E-state index contributed by atoms with van der Waals surface area (Å²) < 4.78 is 6.20. The largest absolute Gasteiger partial charge is 0.426 e. The molecule has 0 saturated heterocycles. The summed E-state index contributed by atoms with van der Waals surface area (Å²) in [6.45, 7) is 4.30. The predicted molar refractivity (Wildman–Crippen MR) is 121 cm³/mol. The summed E-state index contributed by atoms with van der Waals surface area (Å²) >= 11 is 0. The summed E-state index contributed by atoms with van der Waals surface area (Å²) in [5.41, 5.74) is 9.23. The number of carbonyl (C=O) groups is 1. The Labute approximate surface area is 177 Å². The van der Waals surface area contributed by atoms with E-state index in [-0.39, 0.29) is 11.9 Å². The third-order valence-electron chi connectivity index (χ3n) is 6.12. The maximum atomic E-state index is 13.1. The summed E-state index contributed by atoms with van der Waals surface area (Å²) in [6.07, 6.45) is 4.16. The second-order valence-corrected chi connectivity index (χ2v) is 8.20. The van der Waals surface area contributed by atoms with Gasteiger partial charge in [0.15, 0.2) is 0 Å². The first-order valence-corrected chi connectivity index (χ1v) is 10.5. The molecule has 0 fully saturated rings. The van der Waals surface area contributed by atoms with Gasteiger partial charge in [-0.05, 0) is 66.6 Å². The normalized spacial score (nSPS) is 17.3. The van der Waals surface area contributed by atoms with E-state index in [0.29, 0.717) is 5.56 Å². The van der Waals surface area contributed by atoms with Crippen molar-refractivity contribution in [1.29, 1.82) is 0 Å². The van der Waals surface area contributed by atoms with E-state index in [1.807, 2.05) is 48.5 Å². The summed E-state index contributed by atoms with van der Waals surface area (Å²) in [5.74, 6) is 0.508. The lowest BCUT2D eigenvalue weighted by molar-refractivity contribution is 0.0609. The van der Waals surface area contributed by atoms with E-state index in [9.17, 15) is 4.79 Å². The number of ether oxygens (including phenoxy) is 1. The van der Waals surface area contributed by atoms with Crippen LogP contribution in [0.3, 0.4) is 0 Å². The van der Waals surface area contributed by atoms with E-state index in [0.717, 1.165) is 29.7 Å². The zero-order valence-corrected chi connectivity index (χ0v) is 17.3. The summed E-state index contributed by atoms with van der Waals surface area (Å²) in [4.78, 5) is 13.1. The van der Waals surface area contributed by atoms with Crippen LogP contribution in [0.5, 0.6) is 0 Å². The molecule has 0 aliphatic heterocycles. The molecule has 2 nitrogen and oxygen atoms in total. The molecule has 0 bridgehead atoms. The number of carbonyl (C=O) groups excluding carboxylic acids is 1. The molecule has 0 amide bonds. The third-order valence-corrected chi connectivity index (χ3v) is 6.12. The van der Waals surface area contributed by atoms with Crippen molar-refractivity contribution >= 4 is 17.6 Å². The smallest absolute Gasteiger partial charge is 0.343 e. The Morgan fingerprint density at radius 3 is 2.33 bits per heavy atom. The summed E-state index contributed by atoms with van der Waals surface area (Å²) in [6, 6.07) is 24.1. The molecule has 0 heterocycles. The van der Waals surface area contributed by atoms with Crippen molar-refractivity contribution in [2.45, 2.75) is 32.6 Å². The minimum absolute atomic E-state index is 0.0113. The van der Waals surface area contributed by atoms with Crippen LogP contribution in [0.15, 0.2) is 84.1 Å². The van der Waals surface area contributed by atoms with Crippen molar-refractivity contribution in [2.24, 2.45) is 0 Å². The molecule has 2 aliphatic rings. The van der Waals surface area contributed by atoms with Crippen LogP contribution < -0.4 is 0 Å². The van der Waals surface area contributed by atoms with Crippen LogP contribution in [-0.4, -0.2) is 5.97 Å². The fraction of sp³-hybridized carbons (Fsp3) is 0.179. The number of hydrogen-bond donors (Lipinski definition) is 0. The number of benzene rings is 3. The van der Waals surface area contributed by atoms with Crippen LogP contribution in [0, 0.1) is 13.8 Å².